The first kappa shape index (κ1) is 15.9. The number of hydrogen-bond acceptors (Lipinski definition) is 7. The van der Waals surface area contributed by atoms with Crippen LogP contribution in [0.15, 0.2) is 60.6 Å². The van der Waals surface area contributed by atoms with Gasteiger partial charge in [0.25, 0.3) is 12.2 Å². The molecule has 1 aliphatic heterocycles. The van der Waals surface area contributed by atoms with E-state index >= 15 is 0 Å². The molecule has 2 heterocycles. The topological polar surface area (TPSA) is 76.6 Å². The van der Waals surface area contributed by atoms with Gasteiger partial charge >= 0.3 is 0 Å². The largest absolute Gasteiger partial charge is 0.492 e. The van der Waals surface area contributed by atoms with Crippen LogP contribution in [0.3, 0.4) is 0 Å². The number of carbonyl (C=O) groups excluding carboxylic acids is 1. The first-order chi connectivity index (χ1) is 11.7. The summed E-state index contributed by atoms with van der Waals surface area (Å²) in [5, 5.41) is 1.75. The zero-order valence-corrected chi connectivity index (χ0v) is 13.3. The van der Waals surface area contributed by atoms with E-state index in [1.807, 2.05) is 37.3 Å². The lowest BCUT2D eigenvalue weighted by molar-refractivity contribution is -0.165. The van der Waals surface area contributed by atoms with Crippen LogP contribution in [0.5, 0.6) is 5.75 Å². The van der Waals surface area contributed by atoms with Crippen LogP contribution >= 0.6 is 0 Å². The molecule has 24 heavy (non-hydrogen) atoms. The maximum atomic E-state index is 11.1. The van der Waals surface area contributed by atoms with Crippen LogP contribution in [-0.4, -0.2) is 34.6 Å². The molecule has 0 bridgehead atoms. The second-order valence-electron chi connectivity index (χ2n) is 5.24. The molecule has 7 heteroatoms. The fourth-order valence-corrected chi connectivity index (χ4v) is 2.59. The molecule has 2 aromatic rings. The minimum atomic E-state index is -1.19. The monoisotopic (exact) mass is 326 g/mol. The van der Waals surface area contributed by atoms with E-state index in [9.17, 15) is 4.79 Å². The molecule has 0 saturated heterocycles. The molecule has 1 atom stereocenters. The highest BCUT2D eigenvalue weighted by Crippen LogP contribution is 2.32. The number of aromatic nitrogens is 2. The molecule has 0 fully saturated rings. The van der Waals surface area contributed by atoms with Crippen molar-refractivity contribution in [1.29, 1.82) is 0 Å². The third-order valence-electron chi connectivity index (χ3n) is 3.57. The summed E-state index contributed by atoms with van der Waals surface area (Å²) in [6.07, 6.45) is 5.00. The van der Waals surface area contributed by atoms with E-state index < -0.39 is 5.72 Å². The molecule has 0 radical (unpaired) electrons. The van der Waals surface area contributed by atoms with Gasteiger partial charge in [-0.25, -0.2) is 9.97 Å². The fourth-order valence-electron chi connectivity index (χ4n) is 2.59. The Balaban J connectivity index is 1.77. The average molecular weight is 326 g/mol. The number of para-hydroxylation sites is 1. The molecule has 124 valence electrons. The average Bonchev–Trinajstić information content (AvgIpc) is 2.93. The molecular formula is C17H18N4O3. The second kappa shape index (κ2) is 7.10. The summed E-state index contributed by atoms with van der Waals surface area (Å²) in [4.78, 5) is 19.6. The van der Waals surface area contributed by atoms with E-state index in [0.29, 0.717) is 25.4 Å². The van der Waals surface area contributed by atoms with Gasteiger partial charge in [0, 0.05) is 24.2 Å². The van der Waals surface area contributed by atoms with Crippen molar-refractivity contribution in [2.45, 2.75) is 12.6 Å². The lowest BCUT2D eigenvalue weighted by atomic mass is 10.1. The van der Waals surface area contributed by atoms with Crippen molar-refractivity contribution in [3.63, 3.8) is 0 Å². The highest BCUT2D eigenvalue weighted by molar-refractivity contribution is 5.41. The lowest BCUT2D eigenvalue weighted by Crippen LogP contribution is -2.51. The third-order valence-corrected chi connectivity index (χ3v) is 3.57. The van der Waals surface area contributed by atoms with Crippen molar-refractivity contribution in [3.05, 3.63) is 66.4 Å². The van der Waals surface area contributed by atoms with Crippen LogP contribution in [0, 0.1) is 0 Å². The summed E-state index contributed by atoms with van der Waals surface area (Å²) >= 11 is 0. The van der Waals surface area contributed by atoms with Crippen LogP contribution in [-0.2, 0) is 15.3 Å². The van der Waals surface area contributed by atoms with E-state index in [2.05, 4.69) is 15.4 Å². The third kappa shape index (κ3) is 3.21. The molecule has 0 saturated carbocycles. The predicted molar refractivity (Wildman–Crippen MR) is 86.4 cm³/mol. The van der Waals surface area contributed by atoms with E-state index in [1.54, 1.807) is 29.5 Å². The van der Waals surface area contributed by atoms with Crippen molar-refractivity contribution < 1.29 is 14.3 Å². The molecule has 0 aliphatic carbocycles. The zero-order chi connectivity index (χ0) is 16.8. The molecule has 1 aromatic carbocycles. The van der Waals surface area contributed by atoms with E-state index in [1.165, 1.54) is 0 Å². The molecule has 3 rings (SSSR count). The maximum absolute atomic E-state index is 11.1. The number of allylic oxidation sites excluding steroid dienone is 1. The molecule has 1 aromatic heterocycles. The quantitative estimate of drug-likeness (QED) is 0.775. The Labute approximate surface area is 139 Å². The second-order valence-corrected chi connectivity index (χ2v) is 5.24. The summed E-state index contributed by atoms with van der Waals surface area (Å²) in [7, 11) is 0. The van der Waals surface area contributed by atoms with Gasteiger partial charge in [0.2, 0.25) is 0 Å². The van der Waals surface area contributed by atoms with Gasteiger partial charge in [0.1, 0.15) is 12.4 Å². The van der Waals surface area contributed by atoms with Gasteiger partial charge in [-0.1, -0.05) is 18.2 Å². The van der Waals surface area contributed by atoms with Gasteiger partial charge in [0.15, 0.2) is 5.82 Å². The van der Waals surface area contributed by atoms with E-state index in [0.717, 1.165) is 11.4 Å². The fraction of sp³-hybridized carbons (Fsp3) is 0.235. The van der Waals surface area contributed by atoms with E-state index in [-0.39, 0.29) is 0 Å². The molecule has 0 amide bonds. The van der Waals surface area contributed by atoms with Crippen molar-refractivity contribution in [3.8, 4) is 5.75 Å². The number of carbonyl (C=O) groups is 1. The molecular weight excluding hydrogens is 308 g/mol. The normalized spacial score (nSPS) is 20.1. The summed E-state index contributed by atoms with van der Waals surface area (Å²) < 4.78 is 11.1. The summed E-state index contributed by atoms with van der Waals surface area (Å²) in [6.45, 7) is 3.13. The Hall–Kier alpha value is -2.93. The number of hydrazine groups is 1. The lowest BCUT2D eigenvalue weighted by Gasteiger charge is -2.33. The smallest absolute Gasteiger partial charge is 0.295 e. The highest BCUT2D eigenvalue weighted by Gasteiger charge is 2.46. The van der Waals surface area contributed by atoms with Crippen LogP contribution in [0.4, 0.5) is 0 Å². The standard InChI is InChI=1S/C17H18N4O3/c1-14-12-17(24-13-22,16-18-8-5-9-19-16)21(20-14)10-11-23-15-6-3-2-4-7-15/h2-9,12-13,20H,10-11H2,1H3. The van der Waals surface area contributed by atoms with Crippen molar-refractivity contribution in [2.24, 2.45) is 0 Å². The molecule has 1 aliphatic rings. The van der Waals surface area contributed by atoms with Gasteiger partial charge in [-0.3, -0.25) is 4.79 Å². The zero-order valence-electron chi connectivity index (χ0n) is 13.3. The van der Waals surface area contributed by atoms with Gasteiger partial charge in [0.05, 0.1) is 6.54 Å². The Morgan fingerprint density at radius 2 is 1.96 bits per heavy atom. The van der Waals surface area contributed by atoms with Crippen molar-refractivity contribution in [2.75, 3.05) is 13.2 Å². The summed E-state index contributed by atoms with van der Waals surface area (Å²) in [5.74, 6) is 1.15. The number of hydrogen-bond donors (Lipinski definition) is 1. The number of ether oxygens (including phenoxy) is 2. The van der Waals surface area contributed by atoms with Crippen LogP contribution in [0.1, 0.15) is 12.7 Å². The molecule has 1 unspecified atom stereocenters. The van der Waals surface area contributed by atoms with Crippen molar-refractivity contribution >= 4 is 6.47 Å². The van der Waals surface area contributed by atoms with Crippen LogP contribution < -0.4 is 10.2 Å². The minimum Gasteiger partial charge on any atom is -0.492 e. The van der Waals surface area contributed by atoms with Gasteiger partial charge in [-0.15, -0.1) is 0 Å². The van der Waals surface area contributed by atoms with Crippen LogP contribution in [0.25, 0.3) is 0 Å². The molecule has 0 spiro atoms. The summed E-state index contributed by atoms with van der Waals surface area (Å²) in [5.41, 5.74) is 2.81. The minimum absolute atomic E-state index is 0.376. The SMILES string of the molecule is CC1=CC(OC=O)(c2ncccn2)N(CCOc2ccccc2)N1. The highest BCUT2D eigenvalue weighted by atomic mass is 16.6. The number of benzene rings is 1. The number of rotatable bonds is 7. The van der Waals surface area contributed by atoms with E-state index in [4.69, 9.17) is 9.47 Å². The van der Waals surface area contributed by atoms with Crippen molar-refractivity contribution in [1.82, 2.24) is 20.4 Å². The maximum Gasteiger partial charge on any atom is 0.295 e. The van der Waals surface area contributed by atoms with Crippen LogP contribution in [0.2, 0.25) is 0 Å². The Bertz CT molecular complexity index is 708. The number of nitrogens with one attached hydrogen (secondary N) is 1. The Morgan fingerprint density at radius 3 is 2.67 bits per heavy atom. The van der Waals surface area contributed by atoms with Gasteiger partial charge in [-0.2, -0.15) is 5.01 Å². The van der Waals surface area contributed by atoms with Gasteiger partial charge in [-0.05, 0) is 25.1 Å². The first-order valence-corrected chi connectivity index (χ1v) is 7.55. The molecule has 7 nitrogen and oxygen atoms in total. The predicted octanol–water partition coefficient (Wildman–Crippen LogP) is 1.61. The molecule has 1 N–H and O–H groups in total. The number of nitrogens with zero attached hydrogens (tertiary/aromatic N) is 3. The Kier molecular flexibility index (Phi) is 4.72. The summed E-state index contributed by atoms with van der Waals surface area (Å²) in [6, 6.07) is 11.2. The Morgan fingerprint density at radius 1 is 1.21 bits per heavy atom. The van der Waals surface area contributed by atoms with Gasteiger partial charge < -0.3 is 14.9 Å². The first-order valence-electron chi connectivity index (χ1n) is 7.55.